The summed E-state index contributed by atoms with van der Waals surface area (Å²) in [5.74, 6) is 0.0850. The number of benzene rings is 1. The molecule has 1 heterocycles. The van der Waals surface area contributed by atoms with E-state index in [9.17, 15) is 13.2 Å². The predicted molar refractivity (Wildman–Crippen MR) is 91.9 cm³/mol. The van der Waals surface area contributed by atoms with Crippen LogP contribution in [0.5, 0.6) is 0 Å². The van der Waals surface area contributed by atoms with Crippen molar-refractivity contribution in [3.8, 4) is 0 Å². The summed E-state index contributed by atoms with van der Waals surface area (Å²) in [5, 5.41) is 0. The Morgan fingerprint density at radius 1 is 1.21 bits per heavy atom. The van der Waals surface area contributed by atoms with E-state index in [-0.39, 0.29) is 25.1 Å². The van der Waals surface area contributed by atoms with Crippen molar-refractivity contribution >= 4 is 16.3 Å². The number of hydrogen-bond acceptors (Lipinski definition) is 4. The van der Waals surface area contributed by atoms with Gasteiger partial charge in [0, 0.05) is 32.7 Å². The number of nitrogens with one attached hydrogen (secondary N) is 1. The third-order valence-electron chi connectivity index (χ3n) is 4.05. The zero-order valence-corrected chi connectivity index (χ0v) is 15.0. The van der Waals surface area contributed by atoms with Gasteiger partial charge in [0.15, 0.2) is 0 Å². The van der Waals surface area contributed by atoms with E-state index in [0.717, 1.165) is 5.56 Å². The molecule has 0 aromatic heterocycles. The quantitative estimate of drug-likeness (QED) is 0.837. The second-order valence-corrected chi connectivity index (χ2v) is 7.51. The highest BCUT2D eigenvalue weighted by molar-refractivity contribution is 7.87. The molecule has 1 amide bonds. The molecule has 1 saturated heterocycles. The first kappa shape index (κ1) is 18.7. The highest BCUT2D eigenvalue weighted by Gasteiger charge is 2.29. The summed E-state index contributed by atoms with van der Waals surface area (Å²) >= 11 is 0. The van der Waals surface area contributed by atoms with Gasteiger partial charge in [0.05, 0.1) is 6.61 Å². The summed E-state index contributed by atoms with van der Waals surface area (Å²) in [5.41, 5.74) is 1.09. The van der Waals surface area contributed by atoms with Crippen LogP contribution in [0.3, 0.4) is 0 Å². The molecule has 0 bridgehead atoms. The Morgan fingerprint density at radius 2 is 1.83 bits per heavy atom. The molecule has 1 fully saturated rings. The highest BCUT2D eigenvalue weighted by Crippen LogP contribution is 2.14. The Morgan fingerprint density at radius 3 is 2.42 bits per heavy atom. The van der Waals surface area contributed by atoms with Gasteiger partial charge in [-0.15, -0.1) is 0 Å². The molecule has 0 spiro atoms. The smallest absolute Gasteiger partial charge is 0.409 e. The van der Waals surface area contributed by atoms with Crippen LogP contribution in [0.2, 0.25) is 0 Å². The topological polar surface area (TPSA) is 79.0 Å². The van der Waals surface area contributed by atoms with Crippen LogP contribution in [0.25, 0.3) is 0 Å². The van der Waals surface area contributed by atoms with Crippen LogP contribution in [0, 0.1) is 0 Å². The van der Waals surface area contributed by atoms with Crippen LogP contribution >= 0.6 is 0 Å². The number of amides is 1. The number of carbonyl (C=O) groups is 1. The Kier molecular flexibility index (Phi) is 6.59. The van der Waals surface area contributed by atoms with Crippen LogP contribution in [0.1, 0.15) is 25.3 Å². The minimum atomic E-state index is -3.54. The van der Waals surface area contributed by atoms with Crippen molar-refractivity contribution in [2.24, 2.45) is 0 Å². The van der Waals surface area contributed by atoms with Gasteiger partial charge in [-0.3, -0.25) is 0 Å². The van der Waals surface area contributed by atoms with E-state index in [1.165, 1.54) is 9.21 Å². The Hall–Kier alpha value is -1.64. The molecular weight excluding hydrogens is 330 g/mol. The first-order valence-electron chi connectivity index (χ1n) is 8.15. The molecule has 7 nitrogen and oxygen atoms in total. The van der Waals surface area contributed by atoms with Crippen LogP contribution in [-0.4, -0.2) is 63.0 Å². The number of carbonyl (C=O) groups excluding carboxylic acids is 1. The van der Waals surface area contributed by atoms with Gasteiger partial charge >= 0.3 is 6.09 Å². The van der Waals surface area contributed by atoms with Crippen molar-refractivity contribution in [3.63, 3.8) is 0 Å². The van der Waals surface area contributed by atoms with Gasteiger partial charge in [-0.1, -0.05) is 37.3 Å². The van der Waals surface area contributed by atoms with Gasteiger partial charge in [0.25, 0.3) is 10.2 Å². The lowest BCUT2D eigenvalue weighted by Crippen LogP contribution is -2.53. The Labute approximate surface area is 143 Å². The lowest BCUT2D eigenvalue weighted by molar-refractivity contribution is 0.0932. The second-order valence-electron chi connectivity index (χ2n) is 5.75. The lowest BCUT2D eigenvalue weighted by Gasteiger charge is -2.33. The van der Waals surface area contributed by atoms with Crippen molar-refractivity contribution in [1.29, 1.82) is 0 Å². The van der Waals surface area contributed by atoms with Crippen molar-refractivity contribution < 1.29 is 17.9 Å². The molecule has 24 heavy (non-hydrogen) atoms. The average molecular weight is 355 g/mol. The van der Waals surface area contributed by atoms with Crippen molar-refractivity contribution in [3.05, 3.63) is 35.9 Å². The van der Waals surface area contributed by atoms with Gasteiger partial charge in [-0.2, -0.15) is 12.7 Å². The molecule has 1 aromatic carbocycles. The van der Waals surface area contributed by atoms with Crippen molar-refractivity contribution in [1.82, 2.24) is 13.9 Å². The maximum Gasteiger partial charge on any atom is 0.409 e. The van der Waals surface area contributed by atoms with E-state index < -0.39 is 10.2 Å². The number of piperazine rings is 1. The monoisotopic (exact) mass is 355 g/mol. The van der Waals surface area contributed by atoms with Crippen molar-refractivity contribution in [2.75, 3.05) is 39.3 Å². The third-order valence-corrected chi connectivity index (χ3v) is 5.62. The second kappa shape index (κ2) is 8.46. The summed E-state index contributed by atoms with van der Waals surface area (Å²) in [6.45, 7) is 5.61. The summed E-state index contributed by atoms with van der Waals surface area (Å²) in [7, 11) is -3.54. The molecule has 0 aliphatic carbocycles. The minimum Gasteiger partial charge on any atom is -0.450 e. The molecule has 1 N–H and O–H groups in total. The van der Waals surface area contributed by atoms with Crippen LogP contribution < -0.4 is 4.72 Å². The number of rotatable bonds is 6. The lowest BCUT2D eigenvalue weighted by atomic mass is 10.0. The molecule has 8 heteroatoms. The van der Waals surface area contributed by atoms with Gasteiger partial charge in [0.1, 0.15) is 0 Å². The largest absolute Gasteiger partial charge is 0.450 e. The zero-order chi connectivity index (χ0) is 17.6. The molecule has 1 unspecified atom stereocenters. The van der Waals surface area contributed by atoms with Gasteiger partial charge in [-0.25, -0.2) is 9.52 Å². The van der Waals surface area contributed by atoms with E-state index >= 15 is 0 Å². The van der Waals surface area contributed by atoms with E-state index in [0.29, 0.717) is 26.2 Å². The van der Waals surface area contributed by atoms with Crippen molar-refractivity contribution in [2.45, 2.75) is 19.8 Å². The SMILES string of the molecule is CCOC(=O)N1CCN(S(=O)(=O)NCC(C)c2ccccc2)CC1. The maximum absolute atomic E-state index is 12.4. The van der Waals surface area contributed by atoms with Gasteiger partial charge < -0.3 is 9.64 Å². The van der Waals surface area contributed by atoms with Gasteiger partial charge in [-0.05, 0) is 18.4 Å². The predicted octanol–water partition coefficient (Wildman–Crippen LogP) is 1.40. The summed E-state index contributed by atoms with van der Waals surface area (Å²) in [6, 6.07) is 9.78. The molecule has 0 radical (unpaired) electrons. The first-order chi connectivity index (χ1) is 11.4. The molecule has 0 saturated carbocycles. The Balaban J connectivity index is 1.84. The normalized spacial score (nSPS) is 17.5. The molecule has 134 valence electrons. The third kappa shape index (κ3) is 4.93. The molecule has 2 rings (SSSR count). The fourth-order valence-corrected chi connectivity index (χ4v) is 3.83. The molecule has 1 aromatic rings. The van der Waals surface area contributed by atoms with E-state index in [1.807, 2.05) is 37.3 Å². The Bertz CT molecular complexity index is 628. The summed E-state index contributed by atoms with van der Waals surface area (Å²) < 4.78 is 33.8. The molecule has 1 aliphatic heterocycles. The first-order valence-corrected chi connectivity index (χ1v) is 9.59. The van der Waals surface area contributed by atoms with E-state index in [2.05, 4.69) is 4.72 Å². The fraction of sp³-hybridized carbons (Fsp3) is 0.562. The standard InChI is InChI=1S/C16H25N3O4S/c1-3-23-16(20)18-9-11-19(12-10-18)24(21,22)17-13-14(2)15-7-5-4-6-8-15/h4-8,14,17H,3,9-13H2,1-2H3. The van der Waals surface area contributed by atoms with E-state index in [1.54, 1.807) is 6.92 Å². The zero-order valence-electron chi connectivity index (χ0n) is 14.1. The van der Waals surface area contributed by atoms with E-state index in [4.69, 9.17) is 4.74 Å². The minimum absolute atomic E-state index is 0.0850. The number of hydrogen-bond donors (Lipinski definition) is 1. The number of nitrogens with zero attached hydrogens (tertiary/aromatic N) is 2. The maximum atomic E-state index is 12.4. The molecular formula is C16H25N3O4S. The fourth-order valence-electron chi connectivity index (χ4n) is 2.55. The van der Waals surface area contributed by atoms with Crippen LogP contribution in [-0.2, 0) is 14.9 Å². The summed E-state index contributed by atoms with van der Waals surface area (Å²) in [6.07, 6.45) is -0.389. The van der Waals surface area contributed by atoms with Crippen LogP contribution in [0.4, 0.5) is 4.79 Å². The summed E-state index contributed by atoms with van der Waals surface area (Å²) in [4.78, 5) is 13.2. The molecule has 1 aliphatic rings. The average Bonchev–Trinajstić information content (AvgIpc) is 2.61. The van der Waals surface area contributed by atoms with Gasteiger partial charge in [0.2, 0.25) is 0 Å². The number of ether oxygens (including phenoxy) is 1. The molecule has 1 atom stereocenters. The highest BCUT2D eigenvalue weighted by atomic mass is 32.2. The van der Waals surface area contributed by atoms with Crippen LogP contribution in [0.15, 0.2) is 30.3 Å².